The highest BCUT2D eigenvalue weighted by molar-refractivity contribution is 9.09. The fraction of sp³-hybridized carbons (Fsp3) is 0.195. The first-order valence-electron chi connectivity index (χ1n) is 16.9. The predicted molar refractivity (Wildman–Crippen MR) is 198 cm³/mol. The van der Waals surface area contributed by atoms with Gasteiger partial charge in [0.25, 0.3) is 0 Å². The third-order valence-corrected chi connectivity index (χ3v) is 9.81. The number of H-pyrrole nitrogens is 1. The van der Waals surface area contributed by atoms with E-state index in [-0.39, 0.29) is 24.0 Å². The van der Waals surface area contributed by atoms with Crippen LogP contribution < -0.4 is 5.32 Å². The second-order valence-corrected chi connectivity index (χ2v) is 13.3. The summed E-state index contributed by atoms with van der Waals surface area (Å²) in [4.78, 5) is 41.0. The van der Waals surface area contributed by atoms with Gasteiger partial charge in [0.15, 0.2) is 5.78 Å². The lowest BCUT2D eigenvalue weighted by molar-refractivity contribution is 0.0991. The average molecular weight is 765 g/mol. The standard InChI is InChI=1S/C28H27FN4O2.C13H9BrFNO/c29-23-11-9-21(10-12-23)24-25(22-13-17-30-18-14-22)32-26(31-24)28(15-5-2-6-16-28)33-27(34)35-19-20-7-3-1-4-8-20;14-12(9-5-7-16-8-6-9)13(17)10-1-3-11(15)4-2-10/h1,3-4,7-14,17-18H,2,5-6,15-16,19H2,(H,31,32)(H,33,34);1-8,12H. The van der Waals surface area contributed by atoms with Gasteiger partial charge >= 0.3 is 6.09 Å². The third kappa shape index (κ3) is 9.02. The molecule has 7 rings (SSSR count). The Morgan fingerprint density at radius 2 is 1.37 bits per heavy atom. The summed E-state index contributed by atoms with van der Waals surface area (Å²) in [6.45, 7) is 0.198. The van der Waals surface area contributed by atoms with Gasteiger partial charge in [-0.15, -0.1) is 0 Å². The number of alkyl halides is 1. The zero-order valence-corrected chi connectivity index (χ0v) is 29.7. The van der Waals surface area contributed by atoms with Crippen LogP contribution in [-0.4, -0.2) is 31.8 Å². The number of Topliss-reactive ketones (excluding diaryl/α,β-unsaturated/α-hetero) is 1. The van der Waals surface area contributed by atoms with Crippen LogP contribution in [0.15, 0.2) is 128 Å². The zero-order chi connectivity index (χ0) is 36.3. The van der Waals surface area contributed by atoms with Gasteiger partial charge in [-0.05, 0) is 96.8 Å². The lowest BCUT2D eigenvalue weighted by Crippen LogP contribution is -2.48. The quantitative estimate of drug-likeness (QED) is 0.112. The molecule has 0 saturated heterocycles. The number of hydrogen-bond acceptors (Lipinski definition) is 6. The first kappa shape index (κ1) is 36.2. The number of nitrogens with one attached hydrogen (secondary N) is 2. The van der Waals surface area contributed by atoms with E-state index in [1.54, 1.807) is 49.1 Å². The van der Waals surface area contributed by atoms with Gasteiger partial charge in [-0.1, -0.05) is 65.5 Å². The van der Waals surface area contributed by atoms with Crippen molar-refractivity contribution in [2.24, 2.45) is 0 Å². The van der Waals surface area contributed by atoms with E-state index in [9.17, 15) is 18.4 Å². The highest BCUT2D eigenvalue weighted by Gasteiger charge is 2.39. The third-order valence-electron chi connectivity index (χ3n) is 8.86. The Balaban J connectivity index is 0.000000229. The maximum atomic E-state index is 13.6. The van der Waals surface area contributed by atoms with E-state index in [1.165, 1.54) is 36.4 Å². The van der Waals surface area contributed by atoms with E-state index in [1.807, 2.05) is 42.5 Å². The van der Waals surface area contributed by atoms with Crippen LogP contribution in [0.4, 0.5) is 13.6 Å². The van der Waals surface area contributed by atoms with Crippen molar-refractivity contribution in [1.29, 1.82) is 0 Å². The highest BCUT2D eigenvalue weighted by Crippen LogP contribution is 2.40. The molecule has 6 aromatic rings. The molecule has 0 spiro atoms. The second-order valence-electron chi connectivity index (χ2n) is 12.4. The maximum Gasteiger partial charge on any atom is 0.408 e. The monoisotopic (exact) mass is 763 g/mol. The van der Waals surface area contributed by atoms with E-state index in [0.29, 0.717) is 17.1 Å². The number of aromatic amines is 1. The summed E-state index contributed by atoms with van der Waals surface area (Å²) in [6.07, 6.45) is 10.8. The molecule has 0 radical (unpaired) electrons. The van der Waals surface area contributed by atoms with Gasteiger partial charge in [-0.25, -0.2) is 18.6 Å². The second kappa shape index (κ2) is 17.1. The number of carbonyl (C=O) groups is 2. The van der Waals surface area contributed by atoms with Crippen LogP contribution in [0.5, 0.6) is 0 Å². The molecule has 1 aliphatic rings. The molecule has 1 atom stereocenters. The molecule has 3 heterocycles. The SMILES string of the molecule is O=C(NC1(c2nc(-c3ccc(F)cc3)c(-c3ccncc3)[nH]2)CCCCC1)OCc1ccccc1.O=C(c1ccc(F)cc1)C(Br)c1ccncc1. The molecular formula is C41H36BrF2N5O3. The van der Waals surface area contributed by atoms with Gasteiger partial charge in [-0.2, -0.15) is 0 Å². The number of alkyl carbamates (subject to hydrolysis) is 1. The molecular weight excluding hydrogens is 728 g/mol. The molecule has 1 aliphatic carbocycles. The van der Waals surface area contributed by atoms with E-state index in [2.05, 4.69) is 36.2 Å². The number of carbonyl (C=O) groups excluding carboxylic acids is 2. The molecule has 11 heteroatoms. The largest absolute Gasteiger partial charge is 0.445 e. The molecule has 3 aromatic carbocycles. The molecule has 1 saturated carbocycles. The van der Waals surface area contributed by atoms with Gasteiger partial charge < -0.3 is 15.0 Å². The number of nitrogens with zero attached hydrogens (tertiary/aromatic N) is 3. The minimum Gasteiger partial charge on any atom is -0.445 e. The molecule has 3 aromatic heterocycles. The van der Waals surface area contributed by atoms with E-state index in [4.69, 9.17) is 9.72 Å². The minimum absolute atomic E-state index is 0.101. The predicted octanol–water partition coefficient (Wildman–Crippen LogP) is 9.90. The van der Waals surface area contributed by atoms with Crippen molar-refractivity contribution in [3.63, 3.8) is 0 Å². The molecule has 1 amide bonds. The fourth-order valence-corrected chi connectivity index (χ4v) is 6.69. The normalized spacial score (nSPS) is 14.0. The number of ether oxygens (including phenoxy) is 1. The Hall–Kier alpha value is -5.55. The van der Waals surface area contributed by atoms with Crippen molar-refractivity contribution >= 4 is 27.8 Å². The number of amides is 1. The number of imidazole rings is 1. The van der Waals surface area contributed by atoms with Crippen LogP contribution in [-0.2, 0) is 16.9 Å². The van der Waals surface area contributed by atoms with Crippen LogP contribution >= 0.6 is 15.9 Å². The van der Waals surface area contributed by atoms with Crippen molar-refractivity contribution in [2.75, 3.05) is 0 Å². The Kier molecular flexibility index (Phi) is 11.9. The number of aromatic nitrogens is 4. The van der Waals surface area contributed by atoms with Gasteiger partial charge in [0.1, 0.15) is 34.4 Å². The number of halogens is 3. The Morgan fingerprint density at radius 1 is 0.769 bits per heavy atom. The first-order valence-corrected chi connectivity index (χ1v) is 17.8. The smallest absolute Gasteiger partial charge is 0.408 e. The van der Waals surface area contributed by atoms with E-state index < -0.39 is 16.5 Å². The van der Waals surface area contributed by atoms with Gasteiger partial charge in [0, 0.05) is 41.5 Å². The molecule has 0 aliphatic heterocycles. The summed E-state index contributed by atoms with van der Waals surface area (Å²) >= 11 is 3.34. The molecule has 0 bridgehead atoms. The lowest BCUT2D eigenvalue weighted by Gasteiger charge is -2.36. The van der Waals surface area contributed by atoms with Crippen LogP contribution in [0.1, 0.15) is 64.2 Å². The number of ketones is 1. The topological polar surface area (TPSA) is 110 Å². The van der Waals surface area contributed by atoms with Gasteiger partial charge in [0.05, 0.1) is 11.4 Å². The summed E-state index contributed by atoms with van der Waals surface area (Å²) < 4.78 is 31.9. The maximum absolute atomic E-state index is 13.6. The zero-order valence-electron chi connectivity index (χ0n) is 28.1. The summed E-state index contributed by atoms with van der Waals surface area (Å²) in [6, 6.07) is 28.7. The van der Waals surface area contributed by atoms with Crippen molar-refractivity contribution in [3.05, 3.63) is 162 Å². The molecule has 2 N–H and O–H groups in total. The Labute approximate surface area is 308 Å². The first-order chi connectivity index (χ1) is 25.3. The summed E-state index contributed by atoms with van der Waals surface area (Å²) in [5, 5.41) is 3.14. The molecule has 264 valence electrons. The van der Waals surface area contributed by atoms with E-state index >= 15 is 0 Å². The number of pyridine rings is 2. The van der Waals surface area contributed by atoms with Crippen molar-refractivity contribution in [2.45, 2.75) is 49.1 Å². The Morgan fingerprint density at radius 3 is 2.00 bits per heavy atom. The van der Waals surface area contributed by atoms with Crippen molar-refractivity contribution in [3.8, 4) is 22.5 Å². The minimum atomic E-state index is -0.675. The summed E-state index contributed by atoms with van der Waals surface area (Å²) in [7, 11) is 0. The summed E-state index contributed by atoms with van der Waals surface area (Å²) in [5.41, 5.74) is 4.77. The highest BCUT2D eigenvalue weighted by atomic mass is 79.9. The van der Waals surface area contributed by atoms with Crippen molar-refractivity contribution in [1.82, 2.24) is 25.3 Å². The van der Waals surface area contributed by atoms with E-state index in [0.717, 1.165) is 60.1 Å². The molecule has 1 unspecified atom stereocenters. The number of rotatable bonds is 9. The number of hydrogen-bond donors (Lipinski definition) is 2. The summed E-state index contributed by atoms with van der Waals surface area (Å²) in [5.74, 6) is -0.0747. The van der Waals surface area contributed by atoms with Gasteiger partial charge in [-0.3, -0.25) is 14.8 Å². The van der Waals surface area contributed by atoms with Crippen LogP contribution in [0.2, 0.25) is 0 Å². The molecule has 52 heavy (non-hydrogen) atoms. The van der Waals surface area contributed by atoms with Crippen LogP contribution in [0.3, 0.4) is 0 Å². The van der Waals surface area contributed by atoms with Crippen LogP contribution in [0, 0.1) is 11.6 Å². The number of benzene rings is 3. The van der Waals surface area contributed by atoms with Crippen LogP contribution in [0.25, 0.3) is 22.5 Å². The Bertz CT molecular complexity index is 2060. The lowest BCUT2D eigenvalue weighted by atomic mass is 9.81. The molecule has 1 fully saturated rings. The fourth-order valence-electron chi connectivity index (χ4n) is 6.12. The van der Waals surface area contributed by atoms with Gasteiger partial charge in [0.2, 0.25) is 0 Å². The average Bonchev–Trinajstić information content (AvgIpc) is 3.65. The molecule has 8 nitrogen and oxygen atoms in total. The van der Waals surface area contributed by atoms with Crippen molar-refractivity contribution < 1.29 is 23.1 Å².